The summed E-state index contributed by atoms with van der Waals surface area (Å²) in [5, 5.41) is 0. The van der Waals surface area contributed by atoms with Gasteiger partial charge in [0.05, 0.1) is 16.8 Å². The predicted molar refractivity (Wildman–Crippen MR) is 93.1 cm³/mol. The van der Waals surface area contributed by atoms with E-state index in [-0.39, 0.29) is 16.9 Å². The van der Waals surface area contributed by atoms with Gasteiger partial charge in [-0.25, -0.2) is 22.4 Å². The first kappa shape index (κ1) is 16.6. The molecule has 0 aliphatic heterocycles. The van der Waals surface area contributed by atoms with Gasteiger partial charge in [-0.15, -0.1) is 0 Å². The van der Waals surface area contributed by atoms with Gasteiger partial charge in [0.15, 0.2) is 5.65 Å². The van der Waals surface area contributed by atoms with Crippen LogP contribution in [0.4, 0.5) is 0 Å². The number of fused-ring (bicyclic) bond motifs is 1. The molecule has 2 aromatic heterocycles. The Hall–Kier alpha value is -2.25. The molecule has 0 bridgehead atoms. The van der Waals surface area contributed by atoms with Crippen LogP contribution >= 0.6 is 0 Å². The van der Waals surface area contributed by atoms with Gasteiger partial charge in [-0.05, 0) is 29.2 Å². The van der Waals surface area contributed by atoms with Crippen molar-refractivity contribution in [1.82, 2.24) is 13.9 Å². The maximum atomic E-state index is 12.9. The zero-order valence-corrected chi connectivity index (χ0v) is 14.7. The van der Waals surface area contributed by atoms with Gasteiger partial charge in [-0.2, -0.15) is 0 Å². The van der Waals surface area contributed by atoms with Crippen molar-refractivity contribution in [2.75, 3.05) is 0 Å². The van der Waals surface area contributed by atoms with E-state index in [2.05, 4.69) is 30.7 Å². The molecule has 126 valence electrons. The molecule has 0 fully saturated rings. The van der Waals surface area contributed by atoms with Crippen molar-refractivity contribution in [2.24, 2.45) is 5.73 Å². The Kier molecular flexibility index (Phi) is 3.93. The standard InChI is InChI=1S/C17H20N4O2S/c1-17(2,3)12-4-6-14(7-5-12)24(22,23)21-9-8-15-16(21)19-11-13(10-18)20-15/h4-9,11H,10,18H2,1-3H3. The van der Waals surface area contributed by atoms with E-state index in [1.54, 1.807) is 18.2 Å². The van der Waals surface area contributed by atoms with Crippen LogP contribution < -0.4 is 5.73 Å². The van der Waals surface area contributed by atoms with Crippen LogP contribution in [0.15, 0.2) is 47.6 Å². The monoisotopic (exact) mass is 344 g/mol. The maximum absolute atomic E-state index is 12.9. The van der Waals surface area contributed by atoms with Gasteiger partial charge in [0.25, 0.3) is 10.0 Å². The summed E-state index contributed by atoms with van der Waals surface area (Å²) in [6, 6.07) is 8.57. The number of aromatic nitrogens is 3. The lowest BCUT2D eigenvalue weighted by atomic mass is 9.87. The van der Waals surface area contributed by atoms with Crippen molar-refractivity contribution in [3.05, 3.63) is 54.0 Å². The zero-order chi connectivity index (χ0) is 17.5. The Bertz CT molecular complexity index is 984. The molecule has 24 heavy (non-hydrogen) atoms. The third-order valence-corrected chi connectivity index (χ3v) is 5.57. The van der Waals surface area contributed by atoms with Gasteiger partial charge in [-0.3, -0.25) is 0 Å². The van der Waals surface area contributed by atoms with Gasteiger partial charge >= 0.3 is 0 Å². The van der Waals surface area contributed by atoms with Gasteiger partial charge in [0.2, 0.25) is 0 Å². The van der Waals surface area contributed by atoms with Crippen LogP contribution in [-0.2, 0) is 22.0 Å². The summed E-state index contributed by atoms with van der Waals surface area (Å²) >= 11 is 0. The molecule has 0 spiro atoms. The first-order valence-corrected chi connectivity index (χ1v) is 9.06. The molecule has 2 N–H and O–H groups in total. The average molecular weight is 344 g/mol. The second-order valence-electron chi connectivity index (χ2n) is 6.67. The van der Waals surface area contributed by atoms with Crippen LogP contribution in [0.3, 0.4) is 0 Å². The van der Waals surface area contributed by atoms with Gasteiger partial charge < -0.3 is 5.73 Å². The number of hydrogen-bond acceptors (Lipinski definition) is 5. The summed E-state index contributed by atoms with van der Waals surface area (Å²) in [4.78, 5) is 8.72. The smallest absolute Gasteiger partial charge is 0.269 e. The lowest BCUT2D eigenvalue weighted by Crippen LogP contribution is -2.14. The molecule has 3 rings (SSSR count). The molecular formula is C17H20N4O2S. The van der Waals surface area contributed by atoms with E-state index in [1.807, 2.05) is 12.1 Å². The van der Waals surface area contributed by atoms with Crippen molar-refractivity contribution in [1.29, 1.82) is 0 Å². The normalized spacial score (nSPS) is 12.7. The lowest BCUT2D eigenvalue weighted by Gasteiger charge is -2.19. The third-order valence-electron chi connectivity index (χ3n) is 3.89. The van der Waals surface area contributed by atoms with Crippen molar-refractivity contribution in [3.8, 4) is 0 Å². The largest absolute Gasteiger partial charge is 0.325 e. The highest BCUT2D eigenvalue weighted by Crippen LogP contribution is 2.25. The minimum absolute atomic E-state index is 0.0352. The minimum atomic E-state index is -3.72. The van der Waals surface area contributed by atoms with E-state index in [4.69, 9.17) is 5.73 Å². The second kappa shape index (κ2) is 5.68. The molecular weight excluding hydrogens is 324 g/mol. The molecule has 1 aromatic carbocycles. The fraction of sp³-hybridized carbons (Fsp3) is 0.294. The molecule has 0 saturated carbocycles. The van der Waals surface area contributed by atoms with Crippen LogP contribution in [0, 0.1) is 0 Å². The van der Waals surface area contributed by atoms with E-state index in [0.717, 1.165) is 9.54 Å². The summed E-state index contributed by atoms with van der Waals surface area (Å²) < 4.78 is 26.9. The highest BCUT2D eigenvalue weighted by Gasteiger charge is 2.21. The summed E-state index contributed by atoms with van der Waals surface area (Å²) in [7, 11) is -3.72. The van der Waals surface area contributed by atoms with Crippen molar-refractivity contribution >= 4 is 21.2 Å². The summed E-state index contributed by atoms with van der Waals surface area (Å²) in [6.07, 6.45) is 2.97. The molecule has 2 heterocycles. The molecule has 0 amide bonds. The van der Waals surface area contributed by atoms with E-state index < -0.39 is 10.0 Å². The molecule has 6 nitrogen and oxygen atoms in total. The van der Waals surface area contributed by atoms with Crippen molar-refractivity contribution in [3.63, 3.8) is 0 Å². The van der Waals surface area contributed by atoms with E-state index in [0.29, 0.717) is 16.9 Å². The fourth-order valence-electron chi connectivity index (χ4n) is 2.46. The first-order chi connectivity index (χ1) is 11.2. The minimum Gasteiger partial charge on any atom is -0.325 e. The summed E-state index contributed by atoms with van der Waals surface area (Å²) in [5.41, 5.74) is 8.01. The Morgan fingerprint density at radius 1 is 1.12 bits per heavy atom. The molecule has 3 aromatic rings. The quantitative estimate of drug-likeness (QED) is 0.788. The topological polar surface area (TPSA) is 90.9 Å². The zero-order valence-electron chi connectivity index (χ0n) is 13.9. The number of nitrogens with two attached hydrogens (primary N) is 1. The molecule has 0 aliphatic rings. The summed E-state index contributed by atoms with van der Waals surface area (Å²) in [5.74, 6) is 0. The fourth-order valence-corrected chi connectivity index (χ4v) is 3.76. The Morgan fingerprint density at radius 2 is 1.79 bits per heavy atom. The first-order valence-electron chi connectivity index (χ1n) is 7.62. The van der Waals surface area contributed by atoms with Crippen LogP contribution in [0.5, 0.6) is 0 Å². The van der Waals surface area contributed by atoms with Gasteiger partial charge in [0.1, 0.15) is 5.52 Å². The van der Waals surface area contributed by atoms with Gasteiger partial charge in [-0.1, -0.05) is 32.9 Å². The van der Waals surface area contributed by atoms with Crippen LogP contribution in [0.2, 0.25) is 0 Å². The molecule has 0 unspecified atom stereocenters. The maximum Gasteiger partial charge on any atom is 0.269 e. The Balaban J connectivity index is 2.08. The van der Waals surface area contributed by atoms with Crippen molar-refractivity contribution in [2.45, 2.75) is 37.6 Å². The number of hydrogen-bond donors (Lipinski definition) is 1. The molecule has 0 atom stereocenters. The van der Waals surface area contributed by atoms with Gasteiger partial charge in [0, 0.05) is 12.7 Å². The third kappa shape index (κ3) is 2.81. The molecule has 7 heteroatoms. The van der Waals surface area contributed by atoms with E-state index in [1.165, 1.54) is 12.4 Å². The number of rotatable bonds is 3. The van der Waals surface area contributed by atoms with Crippen LogP contribution in [-0.4, -0.2) is 22.4 Å². The highest BCUT2D eigenvalue weighted by atomic mass is 32.2. The van der Waals surface area contributed by atoms with Crippen LogP contribution in [0.1, 0.15) is 32.0 Å². The molecule has 0 aliphatic carbocycles. The van der Waals surface area contributed by atoms with Crippen molar-refractivity contribution < 1.29 is 8.42 Å². The Morgan fingerprint density at radius 3 is 2.38 bits per heavy atom. The Labute approximate surface area is 141 Å². The SMILES string of the molecule is CC(C)(C)c1ccc(S(=O)(=O)n2ccc3nc(CN)cnc32)cc1. The average Bonchev–Trinajstić information content (AvgIpc) is 2.97. The van der Waals surface area contributed by atoms with Crippen LogP contribution in [0.25, 0.3) is 11.2 Å². The number of nitrogens with zero attached hydrogens (tertiary/aromatic N) is 3. The number of benzene rings is 1. The van der Waals surface area contributed by atoms with E-state index in [9.17, 15) is 8.42 Å². The second-order valence-corrected chi connectivity index (χ2v) is 8.48. The molecule has 0 radical (unpaired) electrons. The predicted octanol–water partition coefficient (Wildman–Crippen LogP) is 2.42. The summed E-state index contributed by atoms with van der Waals surface area (Å²) in [6.45, 7) is 6.51. The highest BCUT2D eigenvalue weighted by molar-refractivity contribution is 7.90. The molecule has 0 saturated heterocycles. The lowest BCUT2D eigenvalue weighted by molar-refractivity contribution is 0.583. The van der Waals surface area contributed by atoms with E-state index >= 15 is 0 Å².